The molecule has 0 unspecified atom stereocenters. The van der Waals surface area contributed by atoms with Crippen LogP contribution in [-0.2, 0) is 4.79 Å². The first-order chi connectivity index (χ1) is 9.79. The topological polar surface area (TPSA) is 41.1 Å². The number of hydrogen-bond donors (Lipinski definition) is 2. The molecule has 0 atom stereocenters. The maximum absolute atomic E-state index is 12.1. The number of para-hydroxylation sites is 1. The highest BCUT2D eigenvalue weighted by molar-refractivity contribution is 7.99. The molecule has 0 spiro atoms. The standard InChI is InChI=1S/C16H24N2OS/c1-2-20-15-6-4-3-5-14(15)18-16(19)8-7-13-9-11-17-12-10-13/h3-6,13,17H,2,7-12H2,1H3,(H,18,19). The Morgan fingerprint density at radius 2 is 2.10 bits per heavy atom. The second kappa shape index (κ2) is 8.32. The maximum atomic E-state index is 12.1. The highest BCUT2D eigenvalue weighted by Crippen LogP contribution is 2.27. The Kier molecular flexibility index (Phi) is 6.40. The number of thioether (sulfide) groups is 1. The van der Waals surface area contributed by atoms with Crippen molar-refractivity contribution in [2.45, 2.75) is 37.5 Å². The Hall–Kier alpha value is -1.00. The molecular weight excluding hydrogens is 268 g/mol. The molecule has 0 aliphatic carbocycles. The van der Waals surface area contributed by atoms with Crippen LogP contribution >= 0.6 is 11.8 Å². The first kappa shape index (κ1) is 15.4. The first-order valence-electron chi connectivity index (χ1n) is 7.52. The predicted molar refractivity (Wildman–Crippen MR) is 86.3 cm³/mol. The van der Waals surface area contributed by atoms with Gasteiger partial charge < -0.3 is 10.6 Å². The molecule has 110 valence electrons. The Morgan fingerprint density at radius 3 is 2.85 bits per heavy atom. The van der Waals surface area contributed by atoms with Crippen LogP contribution in [0.3, 0.4) is 0 Å². The third-order valence-electron chi connectivity index (χ3n) is 3.70. The molecule has 0 radical (unpaired) electrons. The first-order valence-corrected chi connectivity index (χ1v) is 8.50. The third-order valence-corrected chi connectivity index (χ3v) is 4.66. The molecule has 1 aromatic rings. The summed E-state index contributed by atoms with van der Waals surface area (Å²) >= 11 is 1.77. The SMILES string of the molecule is CCSc1ccccc1NC(=O)CCC1CCNCC1. The van der Waals surface area contributed by atoms with Gasteiger partial charge in [-0.2, -0.15) is 0 Å². The van der Waals surface area contributed by atoms with Gasteiger partial charge in [-0.25, -0.2) is 0 Å². The Bertz CT molecular complexity index is 430. The summed E-state index contributed by atoms with van der Waals surface area (Å²) in [6.07, 6.45) is 4.05. The summed E-state index contributed by atoms with van der Waals surface area (Å²) in [5, 5.41) is 6.42. The van der Waals surface area contributed by atoms with Crippen molar-refractivity contribution in [1.29, 1.82) is 0 Å². The molecule has 0 aromatic heterocycles. The highest BCUT2D eigenvalue weighted by atomic mass is 32.2. The maximum Gasteiger partial charge on any atom is 0.224 e. The highest BCUT2D eigenvalue weighted by Gasteiger charge is 2.15. The smallest absolute Gasteiger partial charge is 0.224 e. The zero-order valence-corrected chi connectivity index (χ0v) is 13.0. The van der Waals surface area contributed by atoms with E-state index in [1.807, 2.05) is 18.2 Å². The van der Waals surface area contributed by atoms with Gasteiger partial charge in [-0.15, -0.1) is 11.8 Å². The van der Waals surface area contributed by atoms with E-state index >= 15 is 0 Å². The lowest BCUT2D eigenvalue weighted by Crippen LogP contribution is -2.28. The van der Waals surface area contributed by atoms with E-state index in [2.05, 4.69) is 23.6 Å². The molecule has 1 aliphatic rings. The average Bonchev–Trinajstić information content (AvgIpc) is 2.49. The zero-order chi connectivity index (χ0) is 14.2. The van der Waals surface area contributed by atoms with Gasteiger partial charge in [0.15, 0.2) is 0 Å². The second-order valence-electron chi connectivity index (χ2n) is 5.21. The Balaban J connectivity index is 1.81. The summed E-state index contributed by atoms with van der Waals surface area (Å²) in [5.41, 5.74) is 0.953. The summed E-state index contributed by atoms with van der Waals surface area (Å²) in [5.74, 6) is 1.87. The van der Waals surface area contributed by atoms with E-state index in [-0.39, 0.29) is 5.91 Å². The van der Waals surface area contributed by atoms with Crippen molar-refractivity contribution in [3.05, 3.63) is 24.3 Å². The van der Waals surface area contributed by atoms with Crippen LogP contribution in [0.2, 0.25) is 0 Å². The molecule has 20 heavy (non-hydrogen) atoms. The second-order valence-corrected chi connectivity index (χ2v) is 6.52. The molecule has 1 saturated heterocycles. The molecule has 0 bridgehead atoms. The number of carbonyl (C=O) groups is 1. The van der Waals surface area contributed by atoms with E-state index < -0.39 is 0 Å². The number of rotatable bonds is 6. The molecule has 0 saturated carbocycles. The normalized spacial score (nSPS) is 16.1. The zero-order valence-electron chi connectivity index (χ0n) is 12.2. The van der Waals surface area contributed by atoms with Gasteiger partial charge in [-0.1, -0.05) is 19.1 Å². The Labute approximate surface area is 125 Å². The molecule has 2 N–H and O–H groups in total. The fraction of sp³-hybridized carbons (Fsp3) is 0.562. The van der Waals surface area contributed by atoms with Crippen LogP contribution in [-0.4, -0.2) is 24.7 Å². The quantitative estimate of drug-likeness (QED) is 0.788. The van der Waals surface area contributed by atoms with Crippen LogP contribution in [0.1, 0.15) is 32.6 Å². The van der Waals surface area contributed by atoms with Crippen LogP contribution in [0.25, 0.3) is 0 Å². The van der Waals surface area contributed by atoms with Crippen molar-refractivity contribution in [2.75, 3.05) is 24.2 Å². The number of amides is 1. The van der Waals surface area contributed by atoms with Gasteiger partial charge in [0.25, 0.3) is 0 Å². The molecule has 3 nitrogen and oxygen atoms in total. The van der Waals surface area contributed by atoms with Crippen molar-refractivity contribution >= 4 is 23.4 Å². The molecule has 4 heteroatoms. The lowest BCUT2D eigenvalue weighted by Gasteiger charge is -2.22. The van der Waals surface area contributed by atoms with E-state index in [0.717, 1.165) is 35.8 Å². The molecule has 1 aliphatic heterocycles. The minimum Gasteiger partial charge on any atom is -0.325 e. The summed E-state index contributed by atoms with van der Waals surface area (Å²) < 4.78 is 0. The monoisotopic (exact) mass is 292 g/mol. The number of piperidine rings is 1. The van der Waals surface area contributed by atoms with Crippen molar-refractivity contribution in [1.82, 2.24) is 5.32 Å². The van der Waals surface area contributed by atoms with Crippen LogP contribution in [0.4, 0.5) is 5.69 Å². The number of benzene rings is 1. The summed E-state index contributed by atoms with van der Waals surface area (Å²) in [4.78, 5) is 13.2. The van der Waals surface area contributed by atoms with Crippen LogP contribution in [0.5, 0.6) is 0 Å². The van der Waals surface area contributed by atoms with Gasteiger partial charge in [0, 0.05) is 11.3 Å². The van der Waals surface area contributed by atoms with E-state index in [9.17, 15) is 4.79 Å². The molecular formula is C16H24N2OS. The van der Waals surface area contributed by atoms with Crippen LogP contribution in [0, 0.1) is 5.92 Å². The largest absolute Gasteiger partial charge is 0.325 e. The molecule has 1 fully saturated rings. The molecule has 1 heterocycles. The number of nitrogens with one attached hydrogen (secondary N) is 2. The van der Waals surface area contributed by atoms with Gasteiger partial charge in [0.05, 0.1) is 5.69 Å². The van der Waals surface area contributed by atoms with E-state index in [4.69, 9.17) is 0 Å². The van der Waals surface area contributed by atoms with Crippen molar-refractivity contribution < 1.29 is 4.79 Å². The van der Waals surface area contributed by atoms with E-state index in [1.165, 1.54) is 12.8 Å². The minimum absolute atomic E-state index is 0.146. The van der Waals surface area contributed by atoms with E-state index in [1.54, 1.807) is 11.8 Å². The predicted octanol–water partition coefficient (Wildman–Crippen LogP) is 3.52. The summed E-state index contributed by atoms with van der Waals surface area (Å²) in [6.45, 7) is 4.32. The fourth-order valence-electron chi connectivity index (χ4n) is 2.57. The van der Waals surface area contributed by atoms with Gasteiger partial charge in [0.2, 0.25) is 5.91 Å². The van der Waals surface area contributed by atoms with Gasteiger partial charge in [0.1, 0.15) is 0 Å². The summed E-state index contributed by atoms with van der Waals surface area (Å²) in [6, 6.07) is 8.04. The lowest BCUT2D eigenvalue weighted by molar-refractivity contribution is -0.116. The van der Waals surface area contributed by atoms with E-state index in [0.29, 0.717) is 12.3 Å². The van der Waals surface area contributed by atoms with Crippen LogP contribution < -0.4 is 10.6 Å². The number of carbonyl (C=O) groups excluding carboxylic acids is 1. The number of anilines is 1. The lowest BCUT2D eigenvalue weighted by atomic mass is 9.93. The average molecular weight is 292 g/mol. The van der Waals surface area contributed by atoms with Gasteiger partial charge >= 0.3 is 0 Å². The van der Waals surface area contributed by atoms with Crippen molar-refractivity contribution in [3.63, 3.8) is 0 Å². The fourth-order valence-corrected chi connectivity index (χ4v) is 3.33. The van der Waals surface area contributed by atoms with Crippen molar-refractivity contribution in [2.24, 2.45) is 5.92 Å². The third kappa shape index (κ3) is 4.84. The van der Waals surface area contributed by atoms with Gasteiger partial charge in [-0.3, -0.25) is 4.79 Å². The Morgan fingerprint density at radius 1 is 1.35 bits per heavy atom. The summed E-state index contributed by atoms with van der Waals surface area (Å²) in [7, 11) is 0. The van der Waals surface area contributed by atoms with Crippen molar-refractivity contribution in [3.8, 4) is 0 Å². The minimum atomic E-state index is 0.146. The molecule has 1 amide bonds. The van der Waals surface area contributed by atoms with Gasteiger partial charge in [-0.05, 0) is 56.2 Å². The molecule has 1 aromatic carbocycles. The number of hydrogen-bond acceptors (Lipinski definition) is 3. The molecule has 2 rings (SSSR count). The van der Waals surface area contributed by atoms with Crippen LogP contribution in [0.15, 0.2) is 29.2 Å².